The third-order valence-electron chi connectivity index (χ3n) is 3.30. The summed E-state index contributed by atoms with van der Waals surface area (Å²) in [5, 5.41) is 0.686. The number of benzene rings is 1. The molecule has 3 rings (SSSR count). The number of nitrogens with two attached hydrogens (primary N) is 1. The van der Waals surface area contributed by atoms with Crippen LogP contribution >= 0.6 is 27.5 Å². The summed E-state index contributed by atoms with van der Waals surface area (Å²) in [4.78, 5) is 4.69. The molecule has 1 aromatic carbocycles. The molecule has 1 heterocycles. The van der Waals surface area contributed by atoms with Gasteiger partial charge < -0.3 is 10.3 Å². The molecule has 0 unspecified atom stereocenters. The molecule has 2 N–H and O–H groups in total. The molecular formula is C13H13BrClN3. The lowest BCUT2D eigenvalue weighted by molar-refractivity contribution is 0.807. The van der Waals surface area contributed by atoms with E-state index in [2.05, 4.69) is 15.9 Å². The van der Waals surface area contributed by atoms with Crippen LogP contribution in [0.5, 0.6) is 0 Å². The molecule has 1 aliphatic carbocycles. The number of aromatic nitrogens is 2. The van der Waals surface area contributed by atoms with Gasteiger partial charge in [0.15, 0.2) is 0 Å². The number of anilines is 1. The molecule has 0 aliphatic heterocycles. The standard InChI is InChI=1S/C13H13BrClN3/c1-18-12(16)11(17-13(18)7-2-3-7)9-6-8(15)4-5-10(9)14/h4-7H,2-3,16H2,1H3. The van der Waals surface area contributed by atoms with Crippen molar-refractivity contribution in [2.75, 3.05) is 5.73 Å². The van der Waals surface area contributed by atoms with E-state index in [1.807, 2.05) is 29.8 Å². The maximum atomic E-state index is 6.16. The zero-order valence-electron chi connectivity index (χ0n) is 9.95. The Morgan fingerprint density at radius 1 is 1.44 bits per heavy atom. The second kappa shape index (κ2) is 4.28. The van der Waals surface area contributed by atoms with Gasteiger partial charge >= 0.3 is 0 Å². The minimum Gasteiger partial charge on any atom is -0.383 e. The lowest BCUT2D eigenvalue weighted by Crippen LogP contribution is -2.00. The molecule has 1 fully saturated rings. The lowest BCUT2D eigenvalue weighted by atomic mass is 10.1. The van der Waals surface area contributed by atoms with E-state index >= 15 is 0 Å². The SMILES string of the molecule is Cn1c(C2CC2)nc(-c2cc(Cl)ccc2Br)c1N. The van der Waals surface area contributed by atoms with E-state index in [0.717, 1.165) is 21.6 Å². The first-order chi connectivity index (χ1) is 8.58. The van der Waals surface area contributed by atoms with Gasteiger partial charge in [-0.1, -0.05) is 27.5 Å². The van der Waals surface area contributed by atoms with Crippen molar-refractivity contribution in [3.8, 4) is 11.3 Å². The van der Waals surface area contributed by atoms with Gasteiger partial charge in [0.1, 0.15) is 17.3 Å². The van der Waals surface area contributed by atoms with Gasteiger partial charge in [-0.05, 0) is 31.0 Å². The molecule has 1 saturated carbocycles. The smallest absolute Gasteiger partial charge is 0.131 e. The van der Waals surface area contributed by atoms with Crippen molar-refractivity contribution >= 4 is 33.3 Å². The normalized spacial score (nSPS) is 15.1. The van der Waals surface area contributed by atoms with Gasteiger partial charge in [0.25, 0.3) is 0 Å². The largest absolute Gasteiger partial charge is 0.383 e. The monoisotopic (exact) mass is 325 g/mol. The summed E-state index contributed by atoms with van der Waals surface area (Å²) in [6.45, 7) is 0. The number of nitrogen functional groups attached to an aromatic ring is 1. The average Bonchev–Trinajstić information content (AvgIpc) is 3.13. The minimum absolute atomic E-state index is 0.573. The quantitative estimate of drug-likeness (QED) is 0.907. The molecule has 18 heavy (non-hydrogen) atoms. The molecule has 0 atom stereocenters. The summed E-state index contributed by atoms with van der Waals surface area (Å²) in [6.07, 6.45) is 2.42. The summed E-state index contributed by atoms with van der Waals surface area (Å²) in [5.74, 6) is 2.35. The van der Waals surface area contributed by atoms with Gasteiger partial charge in [-0.15, -0.1) is 0 Å². The molecule has 2 aromatic rings. The Kier molecular flexibility index (Phi) is 2.87. The van der Waals surface area contributed by atoms with Crippen molar-refractivity contribution in [3.05, 3.63) is 33.5 Å². The van der Waals surface area contributed by atoms with Crippen LogP contribution in [0.25, 0.3) is 11.3 Å². The van der Waals surface area contributed by atoms with Crippen molar-refractivity contribution in [2.24, 2.45) is 7.05 Å². The summed E-state index contributed by atoms with van der Waals surface area (Å²) in [6, 6.07) is 5.65. The zero-order valence-corrected chi connectivity index (χ0v) is 12.3. The second-order valence-electron chi connectivity index (χ2n) is 4.66. The number of nitrogens with zero attached hydrogens (tertiary/aromatic N) is 2. The molecule has 0 spiro atoms. The second-order valence-corrected chi connectivity index (χ2v) is 5.95. The topological polar surface area (TPSA) is 43.8 Å². The van der Waals surface area contributed by atoms with Crippen molar-refractivity contribution in [2.45, 2.75) is 18.8 Å². The van der Waals surface area contributed by atoms with Crippen molar-refractivity contribution in [1.29, 1.82) is 0 Å². The highest BCUT2D eigenvalue weighted by Crippen LogP contribution is 2.42. The Labute approximate surface area is 119 Å². The Morgan fingerprint density at radius 3 is 2.83 bits per heavy atom. The molecule has 1 aromatic heterocycles. The first-order valence-corrected chi connectivity index (χ1v) is 7.02. The fourth-order valence-electron chi connectivity index (χ4n) is 2.11. The van der Waals surface area contributed by atoms with Gasteiger partial charge in [-0.2, -0.15) is 0 Å². The van der Waals surface area contributed by atoms with Crippen LogP contribution in [0.2, 0.25) is 5.02 Å². The average molecular weight is 327 g/mol. The van der Waals surface area contributed by atoms with E-state index in [4.69, 9.17) is 22.3 Å². The van der Waals surface area contributed by atoms with E-state index in [1.165, 1.54) is 12.8 Å². The fourth-order valence-corrected chi connectivity index (χ4v) is 2.72. The Hall–Kier alpha value is -1.00. The van der Waals surface area contributed by atoms with Crippen LogP contribution in [0.3, 0.4) is 0 Å². The van der Waals surface area contributed by atoms with Crippen molar-refractivity contribution in [1.82, 2.24) is 9.55 Å². The number of halogens is 2. The highest BCUT2D eigenvalue weighted by molar-refractivity contribution is 9.10. The highest BCUT2D eigenvalue weighted by atomic mass is 79.9. The van der Waals surface area contributed by atoms with Crippen LogP contribution in [-0.4, -0.2) is 9.55 Å². The maximum Gasteiger partial charge on any atom is 0.131 e. The molecule has 0 amide bonds. The van der Waals surface area contributed by atoms with Gasteiger partial charge in [-0.3, -0.25) is 0 Å². The van der Waals surface area contributed by atoms with E-state index in [1.54, 1.807) is 0 Å². The van der Waals surface area contributed by atoms with Crippen molar-refractivity contribution < 1.29 is 0 Å². The summed E-state index contributed by atoms with van der Waals surface area (Å²) < 4.78 is 2.94. The lowest BCUT2D eigenvalue weighted by Gasteiger charge is -2.04. The first kappa shape index (κ1) is 12.1. The van der Waals surface area contributed by atoms with E-state index in [-0.39, 0.29) is 0 Å². The number of hydrogen-bond acceptors (Lipinski definition) is 2. The van der Waals surface area contributed by atoms with Gasteiger partial charge in [-0.25, -0.2) is 4.98 Å². The van der Waals surface area contributed by atoms with E-state index in [0.29, 0.717) is 16.8 Å². The molecule has 1 aliphatic rings. The molecule has 0 saturated heterocycles. The summed E-state index contributed by atoms with van der Waals surface area (Å²) >= 11 is 9.57. The van der Waals surface area contributed by atoms with Crippen LogP contribution in [-0.2, 0) is 7.05 Å². The van der Waals surface area contributed by atoms with Crippen molar-refractivity contribution in [3.63, 3.8) is 0 Å². The van der Waals surface area contributed by atoms with Crippen LogP contribution in [0, 0.1) is 0 Å². The molecule has 0 radical (unpaired) electrons. The third kappa shape index (κ3) is 1.93. The minimum atomic E-state index is 0.573. The zero-order chi connectivity index (χ0) is 12.9. The van der Waals surface area contributed by atoms with Gasteiger partial charge in [0, 0.05) is 28.0 Å². The fraction of sp³-hybridized carbons (Fsp3) is 0.308. The first-order valence-electron chi connectivity index (χ1n) is 5.85. The van der Waals surface area contributed by atoms with Gasteiger partial charge in [0.05, 0.1) is 0 Å². The van der Waals surface area contributed by atoms with Gasteiger partial charge in [0.2, 0.25) is 0 Å². The number of hydrogen-bond donors (Lipinski definition) is 1. The van der Waals surface area contributed by atoms with E-state index in [9.17, 15) is 0 Å². The van der Waals surface area contributed by atoms with Crippen LogP contribution in [0.1, 0.15) is 24.6 Å². The Morgan fingerprint density at radius 2 is 2.17 bits per heavy atom. The molecule has 5 heteroatoms. The predicted octanol–water partition coefficient (Wildman–Crippen LogP) is 3.96. The maximum absolute atomic E-state index is 6.16. The third-order valence-corrected chi connectivity index (χ3v) is 4.23. The number of rotatable bonds is 2. The summed E-state index contributed by atoms with van der Waals surface area (Å²) in [7, 11) is 1.97. The molecule has 0 bridgehead atoms. The van der Waals surface area contributed by atoms with Crippen LogP contribution < -0.4 is 5.73 Å². The number of imidazole rings is 1. The molecular weight excluding hydrogens is 314 g/mol. The van der Waals surface area contributed by atoms with Crippen LogP contribution in [0.15, 0.2) is 22.7 Å². The van der Waals surface area contributed by atoms with E-state index < -0.39 is 0 Å². The molecule has 94 valence electrons. The Balaban J connectivity index is 2.16. The molecule has 3 nitrogen and oxygen atoms in total. The predicted molar refractivity (Wildman–Crippen MR) is 77.7 cm³/mol. The Bertz CT molecular complexity index is 617. The van der Waals surface area contributed by atoms with Crippen LogP contribution in [0.4, 0.5) is 5.82 Å². The highest BCUT2D eigenvalue weighted by Gasteiger charge is 2.30. The summed E-state index contributed by atoms with van der Waals surface area (Å²) in [5.41, 5.74) is 7.92.